The second-order valence-corrected chi connectivity index (χ2v) is 7.13. The van der Waals surface area contributed by atoms with Gasteiger partial charge in [-0.15, -0.1) is 0 Å². The number of hydrazone groups is 1. The van der Waals surface area contributed by atoms with Crippen molar-refractivity contribution in [3.63, 3.8) is 0 Å². The average molecular weight is 422 g/mol. The van der Waals surface area contributed by atoms with Gasteiger partial charge in [-0.05, 0) is 31.2 Å². The molecule has 0 saturated heterocycles. The molecule has 3 N–H and O–H groups in total. The van der Waals surface area contributed by atoms with Gasteiger partial charge in [-0.3, -0.25) is 9.59 Å². The average Bonchev–Trinajstić information content (AvgIpc) is 2.90. The van der Waals surface area contributed by atoms with Crippen LogP contribution in [0.5, 0.6) is 5.75 Å². The highest BCUT2D eigenvalue weighted by molar-refractivity contribution is 6.35. The van der Waals surface area contributed by atoms with E-state index in [2.05, 4.69) is 15.8 Å². The predicted molar refractivity (Wildman–Crippen MR) is 107 cm³/mol. The summed E-state index contributed by atoms with van der Waals surface area (Å²) >= 11 is 11.8. The van der Waals surface area contributed by atoms with Crippen molar-refractivity contribution in [2.75, 3.05) is 11.9 Å². The number of aliphatic hydroxyl groups is 1. The van der Waals surface area contributed by atoms with Gasteiger partial charge in [0.1, 0.15) is 5.75 Å². The van der Waals surface area contributed by atoms with Crippen LogP contribution in [0.25, 0.3) is 0 Å². The SMILES string of the molecule is CC(CC1(O)C(=O)Nc2ccccc21)=NNC(=O)COc1ccc(Cl)cc1Cl. The highest BCUT2D eigenvalue weighted by atomic mass is 35.5. The number of amides is 2. The Bertz CT molecular complexity index is 964. The van der Waals surface area contributed by atoms with E-state index in [0.29, 0.717) is 27.7 Å². The van der Waals surface area contributed by atoms with Crippen molar-refractivity contribution in [1.29, 1.82) is 0 Å². The van der Waals surface area contributed by atoms with Crippen molar-refractivity contribution < 1.29 is 19.4 Å². The number of nitrogens with one attached hydrogen (secondary N) is 2. The van der Waals surface area contributed by atoms with Gasteiger partial charge in [-0.2, -0.15) is 5.10 Å². The fraction of sp³-hybridized carbons (Fsp3) is 0.211. The third-order valence-corrected chi connectivity index (χ3v) is 4.66. The fourth-order valence-corrected chi connectivity index (χ4v) is 3.27. The molecule has 0 spiro atoms. The summed E-state index contributed by atoms with van der Waals surface area (Å²) in [6, 6.07) is 11.5. The van der Waals surface area contributed by atoms with E-state index in [1.165, 1.54) is 6.07 Å². The molecule has 1 heterocycles. The van der Waals surface area contributed by atoms with Gasteiger partial charge in [-0.1, -0.05) is 41.4 Å². The van der Waals surface area contributed by atoms with E-state index >= 15 is 0 Å². The number of carbonyl (C=O) groups excluding carboxylic acids is 2. The van der Waals surface area contributed by atoms with Gasteiger partial charge < -0.3 is 15.2 Å². The molecule has 0 radical (unpaired) electrons. The summed E-state index contributed by atoms with van der Waals surface area (Å²) in [5.74, 6) is -0.737. The van der Waals surface area contributed by atoms with E-state index in [4.69, 9.17) is 27.9 Å². The predicted octanol–water partition coefficient (Wildman–Crippen LogP) is 3.09. The van der Waals surface area contributed by atoms with Gasteiger partial charge in [0.2, 0.25) is 0 Å². The molecule has 7 nitrogen and oxygen atoms in total. The maximum absolute atomic E-state index is 12.2. The molecular formula is C19H17Cl2N3O4. The molecule has 1 aliphatic heterocycles. The maximum atomic E-state index is 12.2. The van der Waals surface area contributed by atoms with Gasteiger partial charge >= 0.3 is 0 Å². The third-order valence-electron chi connectivity index (χ3n) is 4.13. The topological polar surface area (TPSA) is 100 Å². The Labute approximate surface area is 171 Å². The van der Waals surface area contributed by atoms with Crippen LogP contribution in [0.1, 0.15) is 18.9 Å². The molecule has 2 aromatic rings. The summed E-state index contributed by atoms with van der Waals surface area (Å²) in [6.45, 7) is 1.29. The lowest BCUT2D eigenvalue weighted by molar-refractivity contribution is -0.132. The van der Waals surface area contributed by atoms with Crippen molar-refractivity contribution in [3.05, 3.63) is 58.1 Å². The fourth-order valence-electron chi connectivity index (χ4n) is 2.81. The first-order valence-corrected chi connectivity index (χ1v) is 9.08. The summed E-state index contributed by atoms with van der Waals surface area (Å²) in [5, 5.41) is 18.1. The first-order chi connectivity index (χ1) is 13.3. The van der Waals surface area contributed by atoms with Crippen molar-refractivity contribution in [2.24, 2.45) is 5.10 Å². The highest BCUT2D eigenvalue weighted by Gasteiger charge is 2.45. The van der Waals surface area contributed by atoms with Gasteiger partial charge in [-0.25, -0.2) is 5.43 Å². The van der Waals surface area contributed by atoms with Crippen LogP contribution in [-0.2, 0) is 15.2 Å². The summed E-state index contributed by atoms with van der Waals surface area (Å²) in [6.07, 6.45) is -0.0694. The first kappa shape index (κ1) is 20.1. The molecule has 1 unspecified atom stereocenters. The Balaban J connectivity index is 1.58. The molecule has 146 valence electrons. The molecular weight excluding hydrogens is 405 g/mol. The van der Waals surface area contributed by atoms with Crippen LogP contribution < -0.4 is 15.5 Å². The minimum atomic E-state index is -1.73. The van der Waals surface area contributed by atoms with Crippen LogP contribution in [0, 0.1) is 0 Å². The van der Waals surface area contributed by atoms with Crippen molar-refractivity contribution in [1.82, 2.24) is 5.43 Å². The number of fused-ring (bicyclic) bond motifs is 1. The van der Waals surface area contributed by atoms with E-state index in [-0.39, 0.29) is 18.1 Å². The van der Waals surface area contributed by atoms with Crippen LogP contribution in [0.15, 0.2) is 47.6 Å². The van der Waals surface area contributed by atoms with E-state index in [1.54, 1.807) is 43.3 Å². The van der Waals surface area contributed by atoms with Gasteiger partial charge in [0.15, 0.2) is 12.2 Å². The van der Waals surface area contributed by atoms with Gasteiger partial charge in [0, 0.05) is 28.4 Å². The van der Waals surface area contributed by atoms with Crippen molar-refractivity contribution in [2.45, 2.75) is 18.9 Å². The molecule has 0 saturated carbocycles. The minimum absolute atomic E-state index is 0.0694. The van der Waals surface area contributed by atoms with E-state index in [0.717, 1.165) is 0 Å². The smallest absolute Gasteiger partial charge is 0.277 e. The van der Waals surface area contributed by atoms with Crippen molar-refractivity contribution >= 4 is 46.4 Å². The molecule has 2 amide bonds. The van der Waals surface area contributed by atoms with E-state index in [1.807, 2.05) is 0 Å². The molecule has 28 heavy (non-hydrogen) atoms. The molecule has 1 atom stereocenters. The number of hydrogen-bond acceptors (Lipinski definition) is 5. The zero-order chi connectivity index (χ0) is 20.3. The molecule has 1 aliphatic rings. The minimum Gasteiger partial charge on any atom is -0.482 e. The van der Waals surface area contributed by atoms with Gasteiger partial charge in [0.25, 0.3) is 11.8 Å². The highest BCUT2D eigenvalue weighted by Crippen LogP contribution is 2.38. The maximum Gasteiger partial charge on any atom is 0.277 e. The third kappa shape index (κ3) is 4.27. The Morgan fingerprint density at radius 3 is 2.79 bits per heavy atom. The number of rotatable bonds is 6. The Kier molecular flexibility index (Phi) is 5.88. The van der Waals surface area contributed by atoms with Crippen LogP contribution in [-0.4, -0.2) is 29.2 Å². The normalized spacial score (nSPS) is 18.4. The zero-order valence-corrected chi connectivity index (χ0v) is 16.3. The number of halogens is 2. The lowest BCUT2D eigenvalue weighted by atomic mass is 9.90. The van der Waals surface area contributed by atoms with Crippen LogP contribution in [0.4, 0.5) is 5.69 Å². The quantitative estimate of drug-likeness (QED) is 0.492. The number of carbonyl (C=O) groups is 2. The molecule has 3 rings (SSSR count). The number of ether oxygens (including phenoxy) is 1. The molecule has 2 aromatic carbocycles. The Hall–Kier alpha value is -2.61. The van der Waals surface area contributed by atoms with E-state index in [9.17, 15) is 14.7 Å². The summed E-state index contributed by atoms with van der Waals surface area (Å²) in [7, 11) is 0. The van der Waals surface area contributed by atoms with Crippen LogP contribution in [0.2, 0.25) is 10.0 Å². The lowest BCUT2D eigenvalue weighted by Crippen LogP contribution is -2.36. The molecule has 9 heteroatoms. The van der Waals surface area contributed by atoms with Gasteiger partial charge in [0.05, 0.1) is 5.02 Å². The second-order valence-electron chi connectivity index (χ2n) is 6.28. The van der Waals surface area contributed by atoms with E-state index < -0.39 is 17.4 Å². The summed E-state index contributed by atoms with van der Waals surface area (Å²) in [4.78, 5) is 24.1. The number of para-hydroxylation sites is 1. The second kappa shape index (κ2) is 8.18. The van der Waals surface area contributed by atoms with Crippen LogP contribution >= 0.6 is 23.2 Å². The number of nitrogens with zero attached hydrogens (tertiary/aromatic N) is 1. The number of anilines is 1. The largest absolute Gasteiger partial charge is 0.482 e. The Morgan fingerprint density at radius 1 is 1.29 bits per heavy atom. The number of hydrogen-bond donors (Lipinski definition) is 3. The van der Waals surface area contributed by atoms with Crippen LogP contribution in [0.3, 0.4) is 0 Å². The van der Waals surface area contributed by atoms with Crippen molar-refractivity contribution in [3.8, 4) is 5.75 Å². The lowest BCUT2D eigenvalue weighted by Gasteiger charge is -2.20. The summed E-state index contributed by atoms with van der Waals surface area (Å²) in [5.41, 5.74) is 1.99. The Morgan fingerprint density at radius 2 is 2.04 bits per heavy atom. The molecule has 0 fully saturated rings. The first-order valence-electron chi connectivity index (χ1n) is 8.33. The molecule has 0 aliphatic carbocycles. The molecule has 0 aromatic heterocycles. The zero-order valence-electron chi connectivity index (χ0n) is 14.8. The monoisotopic (exact) mass is 421 g/mol. The number of benzene rings is 2. The standard InChI is InChI=1S/C19H17Cl2N3O4/c1-11(9-19(27)13-4-2-3-5-15(13)22-18(19)26)23-24-17(25)10-28-16-7-6-12(20)8-14(16)21/h2-8,27H,9-10H2,1H3,(H,22,26)(H,24,25). The summed E-state index contributed by atoms with van der Waals surface area (Å²) < 4.78 is 5.32. The molecule has 0 bridgehead atoms.